The second-order valence-electron chi connectivity index (χ2n) is 1.46. The first-order chi connectivity index (χ1) is 4.18. The van der Waals surface area contributed by atoms with Gasteiger partial charge in [-0.1, -0.05) is 12.7 Å². The Kier molecular flexibility index (Phi) is 3.05. The van der Waals surface area contributed by atoms with Gasteiger partial charge >= 0.3 is 0 Å². The first-order valence-corrected chi connectivity index (χ1v) is 2.39. The monoisotopic (exact) mass is 123 g/mol. The highest BCUT2D eigenvalue weighted by Crippen LogP contribution is 1.88. The van der Waals surface area contributed by atoms with Crippen LogP contribution in [0.15, 0.2) is 24.3 Å². The first kappa shape index (κ1) is 7.62. The predicted octanol–water partition coefficient (Wildman–Crippen LogP) is 0.684. The Morgan fingerprint density at radius 3 is 2.44 bits per heavy atom. The van der Waals surface area contributed by atoms with Crippen LogP contribution in [0.5, 0.6) is 0 Å². The molecule has 0 aromatic carbocycles. The Morgan fingerprint density at radius 2 is 2.11 bits per heavy atom. The zero-order chi connectivity index (χ0) is 7.28. The third-order valence-corrected chi connectivity index (χ3v) is 0.740. The fraction of sp³-hybridized carbons (Fsp3) is 0. The van der Waals surface area contributed by atoms with Crippen molar-refractivity contribution < 1.29 is 0 Å². The van der Waals surface area contributed by atoms with E-state index in [9.17, 15) is 0 Å². The molecule has 3 nitrogen and oxygen atoms in total. The van der Waals surface area contributed by atoms with E-state index < -0.39 is 0 Å². The van der Waals surface area contributed by atoms with E-state index >= 15 is 0 Å². The molecule has 0 aromatic rings. The molecule has 0 unspecified atom stereocenters. The molecule has 0 rings (SSSR count). The lowest BCUT2D eigenvalue weighted by Crippen LogP contribution is -2.10. The summed E-state index contributed by atoms with van der Waals surface area (Å²) in [6.45, 7) is 3.45. The van der Waals surface area contributed by atoms with Crippen LogP contribution in [-0.2, 0) is 0 Å². The molecule has 0 saturated heterocycles. The molecular weight excluding hydrogens is 114 g/mol. The number of allylic oxidation sites excluding steroid dienone is 1. The van der Waals surface area contributed by atoms with Crippen molar-refractivity contribution >= 4 is 12.1 Å². The summed E-state index contributed by atoms with van der Waals surface area (Å²) in [5, 5.41) is 13.4. The molecule has 0 aliphatic rings. The van der Waals surface area contributed by atoms with Crippen LogP contribution in [0.3, 0.4) is 0 Å². The van der Waals surface area contributed by atoms with Gasteiger partial charge < -0.3 is 11.1 Å². The Morgan fingerprint density at radius 1 is 1.56 bits per heavy atom. The number of rotatable bonds is 3. The van der Waals surface area contributed by atoms with Gasteiger partial charge in [-0.25, -0.2) is 0 Å². The van der Waals surface area contributed by atoms with Crippen LogP contribution >= 0.6 is 0 Å². The second kappa shape index (κ2) is 3.60. The lowest BCUT2D eigenvalue weighted by atomic mass is 10.2. The Balaban J connectivity index is 3.92. The van der Waals surface area contributed by atoms with E-state index in [1.807, 2.05) is 0 Å². The van der Waals surface area contributed by atoms with Crippen molar-refractivity contribution in [1.82, 2.24) is 0 Å². The van der Waals surface area contributed by atoms with E-state index in [2.05, 4.69) is 6.58 Å². The van der Waals surface area contributed by atoms with Gasteiger partial charge in [-0.15, -0.1) is 0 Å². The quantitative estimate of drug-likeness (QED) is 0.288. The molecule has 0 fully saturated rings. The zero-order valence-electron chi connectivity index (χ0n) is 5.02. The standard InChI is InChI=1S/C6H9N3/c1-5(6(8)9)3-2-4-7/h2-4,7H,1H2,(H3,8,9)/b3-2-,7-4?. The van der Waals surface area contributed by atoms with Crippen molar-refractivity contribution in [3.8, 4) is 0 Å². The molecule has 0 spiro atoms. The van der Waals surface area contributed by atoms with Crippen LogP contribution in [0.4, 0.5) is 0 Å². The third-order valence-electron chi connectivity index (χ3n) is 0.740. The van der Waals surface area contributed by atoms with Gasteiger partial charge in [-0.3, -0.25) is 5.41 Å². The van der Waals surface area contributed by atoms with E-state index in [1.54, 1.807) is 0 Å². The van der Waals surface area contributed by atoms with Crippen LogP contribution < -0.4 is 5.73 Å². The molecular formula is C6H9N3. The van der Waals surface area contributed by atoms with Crippen molar-refractivity contribution in [2.24, 2.45) is 5.73 Å². The Labute approximate surface area is 53.9 Å². The molecule has 9 heavy (non-hydrogen) atoms. The number of hydrogen-bond donors (Lipinski definition) is 3. The predicted molar refractivity (Wildman–Crippen MR) is 39.0 cm³/mol. The average molecular weight is 123 g/mol. The van der Waals surface area contributed by atoms with Crippen LogP contribution in [0, 0.1) is 10.8 Å². The lowest BCUT2D eigenvalue weighted by Gasteiger charge is -1.90. The number of nitrogens with one attached hydrogen (secondary N) is 2. The molecule has 0 aliphatic carbocycles. The van der Waals surface area contributed by atoms with Gasteiger partial charge in [-0.05, 0) is 6.08 Å². The summed E-state index contributed by atoms with van der Waals surface area (Å²) in [7, 11) is 0. The molecule has 0 bridgehead atoms. The maximum Gasteiger partial charge on any atom is 0.122 e. The van der Waals surface area contributed by atoms with Crippen LogP contribution in [-0.4, -0.2) is 12.1 Å². The number of amidine groups is 1. The third kappa shape index (κ3) is 3.22. The zero-order valence-corrected chi connectivity index (χ0v) is 5.02. The summed E-state index contributed by atoms with van der Waals surface area (Å²) in [6.07, 6.45) is 4.08. The fourth-order valence-corrected chi connectivity index (χ4v) is 0.254. The fourth-order valence-electron chi connectivity index (χ4n) is 0.254. The highest BCUT2D eigenvalue weighted by molar-refractivity contribution is 5.97. The van der Waals surface area contributed by atoms with Gasteiger partial charge in [0.1, 0.15) is 5.84 Å². The van der Waals surface area contributed by atoms with Gasteiger partial charge in [-0.2, -0.15) is 0 Å². The topological polar surface area (TPSA) is 73.7 Å². The minimum absolute atomic E-state index is 0.0619. The van der Waals surface area contributed by atoms with Crippen LogP contribution in [0.2, 0.25) is 0 Å². The summed E-state index contributed by atoms with van der Waals surface area (Å²) < 4.78 is 0. The lowest BCUT2D eigenvalue weighted by molar-refractivity contribution is 1.44. The average Bonchev–Trinajstić information content (AvgIpc) is 1.82. The number of hydrogen-bond acceptors (Lipinski definition) is 2. The molecule has 0 radical (unpaired) electrons. The summed E-state index contributed by atoms with van der Waals surface area (Å²) in [4.78, 5) is 0. The van der Waals surface area contributed by atoms with Gasteiger partial charge in [0.2, 0.25) is 0 Å². The SMILES string of the molecule is C=C(/C=C\C=N)C(=N)N. The maximum atomic E-state index is 6.83. The summed E-state index contributed by atoms with van der Waals surface area (Å²) in [5.41, 5.74) is 5.46. The van der Waals surface area contributed by atoms with Gasteiger partial charge in [0.05, 0.1) is 0 Å². The van der Waals surface area contributed by atoms with E-state index in [0.717, 1.165) is 6.21 Å². The maximum absolute atomic E-state index is 6.83. The molecule has 48 valence electrons. The van der Waals surface area contributed by atoms with Crippen LogP contribution in [0.1, 0.15) is 0 Å². The second-order valence-corrected chi connectivity index (χ2v) is 1.46. The molecule has 0 amide bonds. The highest BCUT2D eigenvalue weighted by Gasteiger charge is 1.87. The largest absolute Gasteiger partial charge is 0.384 e. The van der Waals surface area contributed by atoms with E-state index in [1.165, 1.54) is 12.2 Å². The van der Waals surface area contributed by atoms with Crippen molar-refractivity contribution in [1.29, 1.82) is 10.8 Å². The van der Waals surface area contributed by atoms with Gasteiger partial charge in [0.15, 0.2) is 0 Å². The van der Waals surface area contributed by atoms with E-state index in [-0.39, 0.29) is 5.84 Å². The molecule has 3 heteroatoms. The normalized spacial score (nSPS) is 9.33. The Bertz CT molecular complexity index is 167. The van der Waals surface area contributed by atoms with Gasteiger partial charge in [0.25, 0.3) is 0 Å². The smallest absolute Gasteiger partial charge is 0.122 e. The summed E-state index contributed by atoms with van der Waals surface area (Å²) >= 11 is 0. The molecule has 0 aliphatic heterocycles. The van der Waals surface area contributed by atoms with Gasteiger partial charge in [0, 0.05) is 11.8 Å². The summed E-state index contributed by atoms with van der Waals surface area (Å²) in [6, 6.07) is 0. The first-order valence-electron chi connectivity index (χ1n) is 2.39. The van der Waals surface area contributed by atoms with Crippen molar-refractivity contribution in [3.05, 3.63) is 24.3 Å². The van der Waals surface area contributed by atoms with Crippen LogP contribution in [0.25, 0.3) is 0 Å². The Hall–Kier alpha value is -1.38. The van der Waals surface area contributed by atoms with Crippen molar-refractivity contribution in [2.75, 3.05) is 0 Å². The minimum Gasteiger partial charge on any atom is -0.384 e. The van der Waals surface area contributed by atoms with Crippen molar-refractivity contribution in [3.63, 3.8) is 0 Å². The minimum atomic E-state index is -0.0619. The molecule has 0 atom stereocenters. The highest BCUT2D eigenvalue weighted by atomic mass is 14.7. The molecule has 4 N–H and O–H groups in total. The summed E-state index contributed by atoms with van der Waals surface area (Å²) in [5.74, 6) is -0.0619. The van der Waals surface area contributed by atoms with Crippen molar-refractivity contribution in [2.45, 2.75) is 0 Å². The van der Waals surface area contributed by atoms with E-state index in [4.69, 9.17) is 16.6 Å². The number of nitrogens with two attached hydrogens (primary N) is 1. The molecule has 0 saturated carbocycles. The molecule has 0 aromatic heterocycles. The molecule has 0 heterocycles. The van der Waals surface area contributed by atoms with E-state index in [0.29, 0.717) is 5.57 Å².